The molecule has 0 saturated carbocycles. The highest BCUT2D eigenvalue weighted by Crippen LogP contribution is 2.47. The fourth-order valence-electron chi connectivity index (χ4n) is 3.17. The molecule has 3 rings (SSSR count). The Balaban J connectivity index is 2.03. The number of aromatic amines is 1. The quantitative estimate of drug-likeness (QED) is 0.603. The predicted molar refractivity (Wildman–Crippen MR) is 92.1 cm³/mol. The average Bonchev–Trinajstić information content (AvgIpc) is 2.76. The molecule has 1 atom stereocenters. The second-order valence-corrected chi connectivity index (χ2v) is 9.10. The van der Waals surface area contributed by atoms with E-state index in [0.29, 0.717) is 23.4 Å². The molecule has 0 amide bonds. The largest absolute Gasteiger partial charge is 0.478 e. The summed E-state index contributed by atoms with van der Waals surface area (Å²) in [7, 11) is -2.44. The number of aromatic carboxylic acids is 1. The van der Waals surface area contributed by atoms with Crippen molar-refractivity contribution in [2.45, 2.75) is 25.2 Å². The van der Waals surface area contributed by atoms with Crippen molar-refractivity contribution in [1.82, 2.24) is 4.98 Å². The van der Waals surface area contributed by atoms with Crippen LogP contribution in [0.3, 0.4) is 0 Å². The summed E-state index contributed by atoms with van der Waals surface area (Å²) in [6, 6.07) is 3.52. The van der Waals surface area contributed by atoms with Crippen LogP contribution < -0.4 is 0 Å². The molecule has 2 aromatic rings. The third-order valence-electron chi connectivity index (χ3n) is 4.27. The normalized spacial score (nSPS) is 23.1. The van der Waals surface area contributed by atoms with Crippen LogP contribution in [0.4, 0.5) is 0 Å². The minimum Gasteiger partial charge on any atom is -0.478 e. The van der Waals surface area contributed by atoms with Crippen LogP contribution in [0.25, 0.3) is 10.9 Å². The zero-order chi connectivity index (χ0) is 15.9. The highest BCUT2D eigenvalue weighted by Gasteiger charge is 2.25. The Kier molecular flexibility index (Phi) is 4.24. The summed E-state index contributed by atoms with van der Waals surface area (Å²) in [5.41, 5.74) is 1.94. The first-order valence-corrected chi connectivity index (χ1v) is 9.82. The fourth-order valence-corrected chi connectivity index (χ4v) is 5.13. The molecule has 22 heavy (non-hydrogen) atoms. The lowest BCUT2D eigenvalue weighted by atomic mass is 9.91. The molecule has 0 bridgehead atoms. The van der Waals surface area contributed by atoms with Gasteiger partial charge in [-0.15, -0.1) is 0 Å². The van der Waals surface area contributed by atoms with Gasteiger partial charge in [-0.25, -0.2) is 4.79 Å². The SMILES string of the molecule is O=C(O)c1cc(Br)cc2c(C3CCCS(O)(O)CC3)c[nH]c12. The van der Waals surface area contributed by atoms with E-state index in [1.54, 1.807) is 6.07 Å². The number of rotatable bonds is 2. The van der Waals surface area contributed by atoms with E-state index in [2.05, 4.69) is 20.9 Å². The molecule has 0 aliphatic carbocycles. The van der Waals surface area contributed by atoms with Crippen LogP contribution in [0.5, 0.6) is 0 Å². The van der Waals surface area contributed by atoms with Gasteiger partial charge in [0.1, 0.15) is 0 Å². The Bertz CT molecular complexity index is 728. The zero-order valence-corrected chi connectivity index (χ0v) is 14.3. The number of carboxylic acids is 1. The van der Waals surface area contributed by atoms with Gasteiger partial charge in [0.2, 0.25) is 0 Å². The van der Waals surface area contributed by atoms with Crippen molar-refractivity contribution in [2.75, 3.05) is 11.5 Å². The van der Waals surface area contributed by atoms with Gasteiger partial charge < -0.3 is 10.1 Å². The third kappa shape index (κ3) is 3.03. The van der Waals surface area contributed by atoms with Gasteiger partial charge in [-0.3, -0.25) is 9.11 Å². The summed E-state index contributed by atoms with van der Waals surface area (Å²) < 4.78 is 20.5. The first kappa shape index (κ1) is 15.9. The predicted octanol–water partition coefficient (Wildman–Crippen LogP) is 4.65. The molecule has 2 heterocycles. The number of fused-ring (bicyclic) bond motifs is 1. The Hall–Kier alpha value is -1.02. The van der Waals surface area contributed by atoms with Gasteiger partial charge >= 0.3 is 5.97 Å². The second-order valence-electron chi connectivity index (χ2n) is 5.76. The molecule has 4 N–H and O–H groups in total. The first-order chi connectivity index (χ1) is 10.4. The molecular formula is C15H18BrNO4S. The van der Waals surface area contributed by atoms with Crippen LogP contribution in [-0.2, 0) is 0 Å². The number of hydrogen-bond acceptors (Lipinski definition) is 3. The highest BCUT2D eigenvalue weighted by atomic mass is 79.9. The maximum Gasteiger partial charge on any atom is 0.337 e. The number of halogens is 1. The smallest absolute Gasteiger partial charge is 0.337 e. The van der Waals surface area contributed by atoms with Crippen molar-refractivity contribution in [1.29, 1.82) is 0 Å². The third-order valence-corrected chi connectivity index (χ3v) is 6.56. The van der Waals surface area contributed by atoms with Gasteiger partial charge in [0.05, 0.1) is 11.1 Å². The Morgan fingerprint density at radius 1 is 1.27 bits per heavy atom. The summed E-state index contributed by atoms with van der Waals surface area (Å²) in [4.78, 5) is 14.5. The minimum atomic E-state index is -2.44. The van der Waals surface area contributed by atoms with E-state index in [4.69, 9.17) is 0 Å². The maximum atomic E-state index is 11.4. The van der Waals surface area contributed by atoms with Crippen molar-refractivity contribution in [3.05, 3.63) is 33.9 Å². The molecule has 1 unspecified atom stereocenters. The molecule has 7 heteroatoms. The summed E-state index contributed by atoms with van der Waals surface area (Å²) >= 11 is 3.37. The van der Waals surface area contributed by atoms with Gasteiger partial charge in [-0.2, -0.15) is 10.6 Å². The number of hydrogen-bond donors (Lipinski definition) is 4. The molecule has 0 radical (unpaired) electrons. The zero-order valence-electron chi connectivity index (χ0n) is 11.9. The second kappa shape index (κ2) is 5.88. The maximum absolute atomic E-state index is 11.4. The number of carbonyl (C=O) groups is 1. The molecular weight excluding hydrogens is 370 g/mol. The minimum absolute atomic E-state index is 0.221. The van der Waals surface area contributed by atoms with Crippen LogP contribution in [-0.4, -0.2) is 36.7 Å². The standard InChI is InChI=1S/C15H18BrNO4S/c16-10-6-11-13(8-17-14(11)12(7-10)15(18)19)9-2-1-4-22(20,21)5-3-9/h6-9,17,20-21H,1-5H2,(H,18,19). The van der Waals surface area contributed by atoms with E-state index in [1.165, 1.54) is 0 Å². The number of H-pyrrole nitrogens is 1. The van der Waals surface area contributed by atoms with Crippen molar-refractivity contribution < 1.29 is 19.0 Å². The van der Waals surface area contributed by atoms with Crippen LogP contribution in [0, 0.1) is 0 Å². The van der Waals surface area contributed by atoms with E-state index < -0.39 is 16.6 Å². The lowest BCUT2D eigenvalue weighted by molar-refractivity contribution is 0.0698. The molecule has 0 spiro atoms. The van der Waals surface area contributed by atoms with Crippen molar-refractivity contribution >= 4 is 43.4 Å². The summed E-state index contributed by atoms with van der Waals surface area (Å²) in [6.45, 7) is 0. The lowest BCUT2D eigenvalue weighted by Gasteiger charge is -2.30. The summed E-state index contributed by atoms with van der Waals surface area (Å²) in [5, 5.41) is 10.2. The average molecular weight is 388 g/mol. The van der Waals surface area contributed by atoms with Gasteiger partial charge in [0.25, 0.3) is 0 Å². The number of aromatic nitrogens is 1. The molecule has 120 valence electrons. The highest BCUT2D eigenvalue weighted by molar-refractivity contribution is 9.10. The molecule has 1 aliphatic rings. The first-order valence-electron chi connectivity index (χ1n) is 7.15. The molecule has 1 fully saturated rings. The number of benzene rings is 1. The van der Waals surface area contributed by atoms with Crippen LogP contribution >= 0.6 is 26.5 Å². The monoisotopic (exact) mass is 387 g/mol. The molecule has 5 nitrogen and oxygen atoms in total. The topological polar surface area (TPSA) is 93.6 Å². The Morgan fingerprint density at radius 3 is 2.77 bits per heavy atom. The van der Waals surface area contributed by atoms with Crippen LogP contribution in [0.15, 0.2) is 22.8 Å². The molecule has 1 aromatic carbocycles. The van der Waals surface area contributed by atoms with Crippen molar-refractivity contribution in [3.8, 4) is 0 Å². The molecule has 1 aliphatic heterocycles. The number of carboxylic acid groups (broad SMARTS) is 1. The van der Waals surface area contributed by atoms with Crippen molar-refractivity contribution in [3.63, 3.8) is 0 Å². The Labute approximate surface area is 138 Å². The summed E-state index contributed by atoms with van der Waals surface area (Å²) in [5.74, 6) is 0.146. The molecule has 1 saturated heterocycles. The van der Waals surface area contributed by atoms with Gasteiger partial charge in [-0.1, -0.05) is 15.9 Å². The van der Waals surface area contributed by atoms with E-state index >= 15 is 0 Å². The van der Waals surface area contributed by atoms with Crippen LogP contribution in [0.2, 0.25) is 0 Å². The lowest BCUT2D eigenvalue weighted by Crippen LogP contribution is -2.05. The Morgan fingerprint density at radius 2 is 2.05 bits per heavy atom. The van der Waals surface area contributed by atoms with Gasteiger partial charge in [0, 0.05) is 27.6 Å². The van der Waals surface area contributed by atoms with E-state index in [-0.39, 0.29) is 11.5 Å². The van der Waals surface area contributed by atoms with Crippen molar-refractivity contribution in [2.24, 2.45) is 0 Å². The van der Waals surface area contributed by atoms with Gasteiger partial charge in [0.15, 0.2) is 0 Å². The van der Waals surface area contributed by atoms with Gasteiger partial charge in [-0.05, 0) is 42.9 Å². The molecule has 1 aromatic heterocycles. The van der Waals surface area contributed by atoms with E-state index in [1.807, 2.05) is 12.3 Å². The van der Waals surface area contributed by atoms with E-state index in [0.717, 1.165) is 28.3 Å². The summed E-state index contributed by atoms with van der Waals surface area (Å²) in [6.07, 6.45) is 4.24. The fraction of sp³-hybridized carbons (Fsp3) is 0.400. The van der Waals surface area contributed by atoms with E-state index in [9.17, 15) is 19.0 Å². The number of nitrogens with one attached hydrogen (secondary N) is 1. The van der Waals surface area contributed by atoms with Crippen LogP contribution in [0.1, 0.15) is 41.1 Å².